The van der Waals surface area contributed by atoms with Gasteiger partial charge in [0, 0.05) is 11.9 Å². The minimum absolute atomic E-state index is 0.00718. The molecular formula is C15H17N3O3. The zero-order chi connectivity index (χ0) is 14.8. The molecule has 1 aromatic carbocycles. The van der Waals surface area contributed by atoms with E-state index in [0.717, 1.165) is 30.2 Å². The lowest BCUT2D eigenvalue weighted by molar-refractivity contribution is -0.384. The molecule has 1 fully saturated rings. The number of anilines is 1. The fourth-order valence-electron chi connectivity index (χ4n) is 2.94. The van der Waals surface area contributed by atoms with Crippen LogP contribution in [0.15, 0.2) is 30.5 Å². The average Bonchev–Trinajstić information content (AvgIpc) is 2.90. The van der Waals surface area contributed by atoms with Gasteiger partial charge in [-0.1, -0.05) is 18.2 Å². The number of benzene rings is 1. The Bertz CT molecular complexity index is 674. The van der Waals surface area contributed by atoms with E-state index in [1.54, 1.807) is 0 Å². The molecule has 0 radical (unpaired) electrons. The smallest absolute Gasteiger partial charge is 0.311 e. The quantitative estimate of drug-likeness (QED) is 0.666. The van der Waals surface area contributed by atoms with E-state index in [0.29, 0.717) is 18.2 Å². The average molecular weight is 287 g/mol. The Kier molecular flexibility index (Phi) is 3.70. The first-order chi connectivity index (χ1) is 10.1. The van der Waals surface area contributed by atoms with Gasteiger partial charge in [-0.05, 0) is 31.2 Å². The number of nitrogens with one attached hydrogen (secondary N) is 1. The van der Waals surface area contributed by atoms with Crippen molar-refractivity contribution in [3.8, 4) is 0 Å². The first-order valence-corrected chi connectivity index (χ1v) is 7.09. The van der Waals surface area contributed by atoms with E-state index in [1.165, 1.54) is 6.20 Å². The third kappa shape index (κ3) is 2.80. The van der Waals surface area contributed by atoms with Gasteiger partial charge in [0.05, 0.1) is 16.5 Å². The molecule has 6 nitrogen and oxygen atoms in total. The lowest BCUT2D eigenvalue weighted by atomic mass is 10.1. The Morgan fingerprint density at radius 1 is 1.38 bits per heavy atom. The normalized spacial score (nSPS) is 21.6. The van der Waals surface area contributed by atoms with Crippen LogP contribution in [-0.2, 0) is 0 Å². The Morgan fingerprint density at radius 3 is 2.90 bits per heavy atom. The number of aromatic nitrogens is 1. The number of fused-ring (bicyclic) bond motifs is 1. The summed E-state index contributed by atoms with van der Waals surface area (Å²) in [5, 5.41) is 24.7. The Balaban J connectivity index is 1.91. The van der Waals surface area contributed by atoms with Crippen molar-refractivity contribution in [3.05, 3.63) is 40.6 Å². The van der Waals surface area contributed by atoms with Crippen molar-refractivity contribution in [3.63, 3.8) is 0 Å². The van der Waals surface area contributed by atoms with E-state index in [1.807, 2.05) is 24.3 Å². The number of pyridine rings is 1. The van der Waals surface area contributed by atoms with Crippen molar-refractivity contribution >= 4 is 22.3 Å². The molecule has 110 valence electrons. The van der Waals surface area contributed by atoms with Crippen LogP contribution in [0, 0.1) is 16.0 Å². The number of para-hydroxylation sites is 1. The van der Waals surface area contributed by atoms with Crippen molar-refractivity contribution in [1.29, 1.82) is 0 Å². The summed E-state index contributed by atoms with van der Waals surface area (Å²) in [6.07, 6.45) is 3.58. The maximum Gasteiger partial charge on any atom is 0.311 e. The van der Waals surface area contributed by atoms with Crippen LogP contribution in [0.2, 0.25) is 0 Å². The molecular weight excluding hydrogens is 270 g/mol. The summed E-state index contributed by atoms with van der Waals surface area (Å²) in [5.41, 5.74) is 1.25. The van der Waals surface area contributed by atoms with Crippen molar-refractivity contribution in [2.45, 2.75) is 25.4 Å². The van der Waals surface area contributed by atoms with Crippen LogP contribution in [0.1, 0.15) is 19.3 Å². The Hall–Kier alpha value is -2.21. The molecule has 0 saturated heterocycles. The molecule has 2 aromatic rings. The lowest BCUT2D eigenvalue weighted by Crippen LogP contribution is -2.14. The molecule has 3 rings (SSSR count). The Labute approximate surface area is 122 Å². The number of hydrogen-bond donors (Lipinski definition) is 2. The van der Waals surface area contributed by atoms with E-state index < -0.39 is 4.92 Å². The molecule has 1 aliphatic carbocycles. The predicted molar refractivity (Wildman–Crippen MR) is 80.2 cm³/mol. The van der Waals surface area contributed by atoms with Crippen LogP contribution in [0.4, 0.5) is 11.4 Å². The second-order valence-corrected chi connectivity index (χ2v) is 5.51. The number of aliphatic hydroxyl groups excluding tert-OH is 1. The van der Waals surface area contributed by atoms with Crippen LogP contribution >= 0.6 is 0 Å². The molecule has 0 bridgehead atoms. The highest BCUT2D eigenvalue weighted by molar-refractivity contribution is 5.95. The van der Waals surface area contributed by atoms with E-state index in [9.17, 15) is 15.2 Å². The minimum Gasteiger partial charge on any atom is -0.393 e. The van der Waals surface area contributed by atoms with E-state index in [-0.39, 0.29) is 11.8 Å². The fraction of sp³-hybridized carbons (Fsp3) is 0.400. The highest BCUT2D eigenvalue weighted by atomic mass is 16.6. The number of nitro groups is 1. The zero-order valence-electron chi connectivity index (χ0n) is 11.5. The fourth-order valence-corrected chi connectivity index (χ4v) is 2.94. The van der Waals surface area contributed by atoms with Gasteiger partial charge in [0.2, 0.25) is 0 Å². The summed E-state index contributed by atoms with van der Waals surface area (Å²) >= 11 is 0. The van der Waals surface area contributed by atoms with Crippen molar-refractivity contribution in [2.24, 2.45) is 5.92 Å². The van der Waals surface area contributed by atoms with Crippen LogP contribution < -0.4 is 5.32 Å². The van der Waals surface area contributed by atoms with Gasteiger partial charge < -0.3 is 10.4 Å². The summed E-state index contributed by atoms with van der Waals surface area (Å²) in [4.78, 5) is 14.9. The molecule has 1 aliphatic rings. The number of nitrogens with zero attached hydrogens (tertiary/aromatic N) is 2. The van der Waals surface area contributed by atoms with E-state index >= 15 is 0 Å². The van der Waals surface area contributed by atoms with Gasteiger partial charge in [-0.3, -0.25) is 10.1 Å². The van der Waals surface area contributed by atoms with Crippen molar-refractivity contribution < 1.29 is 10.0 Å². The predicted octanol–water partition coefficient (Wildman–Crippen LogP) is 2.72. The summed E-state index contributed by atoms with van der Waals surface area (Å²) in [5.74, 6) is 0.353. The highest BCUT2D eigenvalue weighted by Gasteiger charge is 2.24. The summed E-state index contributed by atoms with van der Waals surface area (Å²) in [6.45, 7) is 0.631. The third-order valence-electron chi connectivity index (χ3n) is 4.03. The first-order valence-electron chi connectivity index (χ1n) is 7.09. The maximum absolute atomic E-state index is 11.2. The molecule has 1 saturated carbocycles. The molecule has 2 N–H and O–H groups in total. The number of rotatable bonds is 4. The number of hydrogen-bond acceptors (Lipinski definition) is 5. The van der Waals surface area contributed by atoms with Gasteiger partial charge in [-0.25, -0.2) is 4.98 Å². The molecule has 1 aromatic heterocycles. The SMILES string of the molecule is O=[N+]([O-])c1cnc2ccccc2c1NCC1CCC(O)C1. The van der Waals surface area contributed by atoms with Crippen molar-refractivity contribution in [1.82, 2.24) is 4.98 Å². The minimum atomic E-state index is -0.411. The summed E-state index contributed by atoms with van der Waals surface area (Å²) in [6, 6.07) is 7.38. The van der Waals surface area contributed by atoms with Gasteiger partial charge >= 0.3 is 5.69 Å². The van der Waals surface area contributed by atoms with E-state index in [4.69, 9.17) is 0 Å². The van der Waals surface area contributed by atoms with Gasteiger partial charge in [-0.2, -0.15) is 0 Å². The third-order valence-corrected chi connectivity index (χ3v) is 4.03. The molecule has 2 unspecified atom stereocenters. The largest absolute Gasteiger partial charge is 0.393 e. The van der Waals surface area contributed by atoms with Gasteiger partial charge in [-0.15, -0.1) is 0 Å². The molecule has 21 heavy (non-hydrogen) atoms. The molecule has 0 spiro atoms. The van der Waals surface area contributed by atoms with Gasteiger partial charge in [0.25, 0.3) is 0 Å². The molecule has 1 heterocycles. The van der Waals surface area contributed by atoms with Crippen LogP contribution in [-0.4, -0.2) is 27.7 Å². The lowest BCUT2D eigenvalue weighted by Gasteiger charge is -2.13. The summed E-state index contributed by atoms with van der Waals surface area (Å²) < 4.78 is 0. The monoisotopic (exact) mass is 287 g/mol. The zero-order valence-corrected chi connectivity index (χ0v) is 11.5. The first kappa shape index (κ1) is 13.8. The van der Waals surface area contributed by atoms with Crippen LogP contribution in [0.5, 0.6) is 0 Å². The topological polar surface area (TPSA) is 88.3 Å². The van der Waals surface area contributed by atoms with Crippen LogP contribution in [0.25, 0.3) is 10.9 Å². The van der Waals surface area contributed by atoms with Crippen molar-refractivity contribution in [2.75, 3.05) is 11.9 Å². The molecule has 2 atom stereocenters. The standard InChI is InChI=1S/C15H17N3O3/c19-11-6-5-10(7-11)8-17-15-12-3-1-2-4-13(12)16-9-14(15)18(20)21/h1-4,9-11,19H,5-8H2,(H,16,17). The second-order valence-electron chi connectivity index (χ2n) is 5.51. The van der Waals surface area contributed by atoms with Gasteiger partial charge in [0.15, 0.2) is 0 Å². The summed E-state index contributed by atoms with van der Waals surface area (Å²) in [7, 11) is 0. The second kappa shape index (κ2) is 5.65. The van der Waals surface area contributed by atoms with Crippen LogP contribution in [0.3, 0.4) is 0 Å². The van der Waals surface area contributed by atoms with E-state index in [2.05, 4.69) is 10.3 Å². The highest BCUT2D eigenvalue weighted by Crippen LogP contribution is 2.33. The molecule has 6 heteroatoms. The number of aliphatic hydroxyl groups is 1. The van der Waals surface area contributed by atoms with Gasteiger partial charge in [0.1, 0.15) is 11.9 Å². The molecule has 0 amide bonds. The Morgan fingerprint density at radius 2 is 2.19 bits per heavy atom. The molecule has 0 aliphatic heterocycles. The maximum atomic E-state index is 11.2.